The zero-order chi connectivity index (χ0) is 13.9. The van der Waals surface area contributed by atoms with Crippen molar-refractivity contribution in [2.45, 2.75) is 32.1 Å². The van der Waals surface area contributed by atoms with Crippen LogP contribution in [0.1, 0.15) is 31.2 Å². The Kier molecular flexibility index (Phi) is 4.82. The summed E-state index contributed by atoms with van der Waals surface area (Å²) < 4.78 is 13.9. The van der Waals surface area contributed by atoms with Crippen molar-refractivity contribution in [1.29, 1.82) is 0 Å². The number of hydrogen-bond donors (Lipinski definition) is 2. The third-order valence-corrected chi connectivity index (χ3v) is 4.64. The van der Waals surface area contributed by atoms with E-state index in [1.807, 2.05) is 0 Å². The molecule has 0 bridgehead atoms. The van der Waals surface area contributed by atoms with Gasteiger partial charge in [0.25, 0.3) is 0 Å². The standard InChI is InChI=1S/C15H20ClFO2/c16-13-6-5-11(14(17)7-13)8-15(9-18,10-19)12-3-1-2-4-12/h5-7,12,18-19H,1-4,8-10H2. The van der Waals surface area contributed by atoms with Gasteiger partial charge in [-0.3, -0.25) is 0 Å². The number of rotatable bonds is 5. The second kappa shape index (κ2) is 6.21. The van der Waals surface area contributed by atoms with E-state index in [2.05, 4.69) is 0 Å². The monoisotopic (exact) mass is 286 g/mol. The fourth-order valence-corrected chi connectivity index (χ4v) is 3.31. The molecule has 1 aromatic carbocycles. The summed E-state index contributed by atoms with van der Waals surface area (Å²) in [6, 6.07) is 4.58. The minimum Gasteiger partial charge on any atom is -0.396 e. The Morgan fingerprint density at radius 3 is 2.37 bits per heavy atom. The predicted molar refractivity (Wildman–Crippen MR) is 73.7 cm³/mol. The normalized spacial score (nSPS) is 17.1. The van der Waals surface area contributed by atoms with E-state index < -0.39 is 5.41 Å². The molecule has 2 N–H and O–H groups in total. The molecule has 2 nitrogen and oxygen atoms in total. The van der Waals surface area contributed by atoms with Crippen LogP contribution >= 0.6 is 11.6 Å². The maximum Gasteiger partial charge on any atom is 0.127 e. The maximum atomic E-state index is 13.9. The van der Waals surface area contributed by atoms with Gasteiger partial charge in [-0.2, -0.15) is 0 Å². The lowest BCUT2D eigenvalue weighted by Gasteiger charge is -2.36. The average molecular weight is 287 g/mol. The average Bonchev–Trinajstić information content (AvgIpc) is 2.93. The van der Waals surface area contributed by atoms with Gasteiger partial charge >= 0.3 is 0 Å². The van der Waals surface area contributed by atoms with Crippen molar-refractivity contribution >= 4 is 11.6 Å². The molecule has 0 aromatic heterocycles. The first-order valence-electron chi connectivity index (χ1n) is 6.77. The SMILES string of the molecule is OCC(CO)(Cc1ccc(Cl)cc1F)C1CCCC1. The van der Waals surface area contributed by atoms with E-state index in [0.717, 1.165) is 25.7 Å². The van der Waals surface area contributed by atoms with Crippen LogP contribution in [0.4, 0.5) is 4.39 Å². The molecule has 2 rings (SSSR count). The van der Waals surface area contributed by atoms with Crippen molar-refractivity contribution < 1.29 is 14.6 Å². The second-order valence-electron chi connectivity index (χ2n) is 5.57. The van der Waals surface area contributed by atoms with Crippen LogP contribution in [0.3, 0.4) is 0 Å². The fourth-order valence-electron chi connectivity index (χ4n) is 3.15. The molecular weight excluding hydrogens is 267 g/mol. The van der Waals surface area contributed by atoms with Gasteiger partial charge in [0.2, 0.25) is 0 Å². The summed E-state index contributed by atoms with van der Waals surface area (Å²) in [6.07, 6.45) is 4.59. The molecule has 1 aliphatic carbocycles. The van der Waals surface area contributed by atoms with E-state index in [0.29, 0.717) is 17.0 Å². The van der Waals surface area contributed by atoms with Crippen LogP contribution in [0.15, 0.2) is 18.2 Å². The van der Waals surface area contributed by atoms with Gasteiger partial charge in [-0.15, -0.1) is 0 Å². The van der Waals surface area contributed by atoms with Crippen molar-refractivity contribution in [2.75, 3.05) is 13.2 Å². The van der Waals surface area contributed by atoms with Crippen LogP contribution in [0, 0.1) is 17.2 Å². The van der Waals surface area contributed by atoms with Gasteiger partial charge in [0.1, 0.15) is 5.82 Å². The van der Waals surface area contributed by atoms with Gasteiger partial charge in [-0.05, 0) is 42.9 Å². The number of aliphatic hydroxyl groups excluding tert-OH is 2. The first-order valence-corrected chi connectivity index (χ1v) is 7.15. The van der Waals surface area contributed by atoms with Crippen molar-refractivity contribution in [2.24, 2.45) is 11.3 Å². The molecule has 106 valence electrons. The highest BCUT2D eigenvalue weighted by molar-refractivity contribution is 6.30. The van der Waals surface area contributed by atoms with Crippen LogP contribution < -0.4 is 0 Å². The molecule has 19 heavy (non-hydrogen) atoms. The molecule has 1 aliphatic rings. The summed E-state index contributed by atoms with van der Waals surface area (Å²) in [5.41, 5.74) is -0.107. The topological polar surface area (TPSA) is 40.5 Å². The van der Waals surface area contributed by atoms with Crippen LogP contribution in [0.2, 0.25) is 5.02 Å². The summed E-state index contributed by atoms with van der Waals surface area (Å²) in [5.74, 6) is -0.102. The van der Waals surface area contributed by atoms with Gasteiger partial charge < -0.3 is 10.2 Å². The van der Waals surface area contributed by atoms with E-state index in [4.69, 9.17) is 11.6 Å². The fraction of sp³-hybridized carbons (Fsp3) is 0.600. The summed E-state index contributed by atoms with van der Waals surface area (Å²) in [4.78, 5) is 0. The highest BCUT2D eigenvalue weighted by Gasteiger charge is 2.39. The molecule has 1 saturated carbocycles. The van der Waals surface area contributed by atoms with E-state index in [9.17, 15) is 14.6 Å². The van der Waals surface area contributed by atoms with Crippen molar-refractivity contribution in [3.63, 3.8) is 0 Å². The van der Waals surface area contributed by atoms with Gasteiger partial charge in [0.05, 0.1) is 13.2 Å². The van der Waals surface area contributed by atoms with E-state index >= 15 is 0 Å². The predicted octanol–water partition coefficient (Wildman–Crippen LogP) is 3.18. The van der Waals surface area contributed by atoms with Crippen LogP contribution in [0.5, 0.6) is 0 Å². The van der Waals surface area contributed by atoms with E-state index in [1.54, 1.807) is 12.1 Å². The second-order valence-corrected chi connectivity index (χ2v) is 6.01. The lowest BCUT2D eigenvalue weighted by molar-refractivity contribution is 0.00513. The Labute approximate surface area is 118 Å². The lowest BCUT2D eigenvalue weighted by Crippen LogP contribution is -2.39. The van der Waals surface area contributed by atoms with E-state index in [-0.39, 0.29) is 24.9 Å². The number of halogens is 2. The van der Waals surface area contributed by atoms with Gasteiger partial charge in [0.15, 0.2) is 0 Å². The largest absolute Gasteiger partial charge is 0.396 e. The lowest BCUT2D eigenvalue weighted by atomic mass is 9.71. The Bertz CT molecular complexity index is 426. The van der Waals surface area contributed by atoms with Crippen LogP contribution in [-0.4, -0.2) is 23.4 Å². The van der Waals surface area contributed by atoms with Gasteiger partial charge in [-0.1, -0.05) is 30.5 Å². The minimum atomic E-state index is -0.620. The highest BCUT2D eigenvalue weighted by Crippen LogP contribution is 2.42. The Morgan fingerprint density at radius 2 is 1.84 bits per heavy atom. The van der Waals surface area contributed by atoms with Crippen LogP contribution in [0.25, 0.3) is 0 Å². The van der Waals surface area contributed by atoms with Gasteiger partial charge in [-0.25, -0.2) is 4.39 Å². The summed E-state index contributed by atoms with van der Waals surface area (Å²) in [5, 5.41) is 19.8. The minimum absolute atomic E-state index is 0.115. The molecule has 0 unspecified atom stereocenters. The smallest absolute Gasteiger partial charge is 0.127 e. The first kappa shape index (κ1) is 14.8. The molecule has 0 atom stereocenters. The van der Waals surface area contributed by atoms with Gasteiger partial charge in [0, 0.05) is 10.4 Å². The zero-order valence-corrected chi connectivity index (χ0v) is 11.7. The summed E-state index contributed by atoms with van der Waals surface area (Å²) >= 11 is 5.74. The molecule has 0 saturated heterocycles. The number of hydrogen-bond acceptors (Lipinski definition) is 2. The Hall–Kier alpha value is -0.640. The number of benzene rings is 1. The quantitative estimate of drug-likeness (QED) is 0.873. The molecule has 0 spiro atoms. The Balaban J connectivity index is 2.24. The molecule has 0 radical (unpaired) electrons. The third-order valence-electron chi connectivity index (χ3n) is 4.41. The van der Waals surface area contributed by atoms with E-state index in [1.165, 1.54) is 6.07 Å². The molecule has 0 amide bonds. The van der Waals surface area contributed by atoms with Crippen LogP contribution in [-0.2, 0) is 6.42 Å². The first-order chi connectivity index (χ1) is 9.11. The number of aliphatic hydroxyl groups is 2. The summed E-state index contributed by atoms with van der Waals surface area (Å²) in [7, 11) is 0. The maximum absolute atomic E-state index is 13.9. The van der Waals surface area contributed by atoms with Crippen molar-refractivity contribution in [1.82, 2.24) is 0 Å². The van der Waals surface area contributed by atoms with Crippen molar-refractivity contribution in [3.8, 4) is 0 Å². The molecular formula is C15H20ClFO2. The molecule has 1 fully saturated rings. The highest BCUT2D eigenvalue weighted by atomic mass is 35.5. The van der Waals surface area contributed by atoms with Crippen molar-refractivity contribution in [3.05, 3.63) is 34.6 Å². The molecule has 0 heterocycles. The molecule has 4 heteroatoms. The Morgan fingerprint density at radius 1 is 1.21 bits per heavy atom. The summed E-state index contributed by atoms with van der Waals surface area (Å²) in [6.45, 7) is -0.230. The zero-order valence-electron chi connectivity index (χ0n) is 10.9. The molecule has 0 aliphatic heterocycles. The molecule has 1 aromatic rings. The third kappa shape index (κ3) is 3.10.